The fourth-order valence-corrected chi connectivity index (χ4v) is 3.35. The molecular weight excluding hydrogens is 322 g/mol. The molecule has 1 fully saturated rings. The van der Waals surface area contributed by atoms with E-state index in [1.54, 1.807) is 0 Å². The molecule has 1 aliphatic rings. The van der Waals surface area contributed by atoms with Crippen molar-refractivity contribution < 1.29 is 12.6 Å². The predicted octanol–water partition coefficient (Wildman–Crippen LogP) is 3.20. The van der Waals surface area contributed by atoms with Crippen LogP contribution in [-0.4, -0.2) is 31.7 Å². The lowest BCUT2D eigenvalue weighted by Gasteiger charge is -2.32. The molecule has 4 nitrogen and oxygen atoms in total. The molecule has 0 amide bonds. The molecule has 1 saturated carbocycles. The zero-order valence-corrected chi connectivity index (χ0v) is 14.7. The van der Waals surface area contributed by atoms with E-state index >= 15 is 0 Å². The topological polar surface area (TPSA) is 46.6 Å². The Morgan fingerprint density at radius 2 is 1.38 bits per heavy atom. The van der Waals surface area contributed by atoms with Gasteiger partial charge in [0.1, 0.15) is 0 Å². The Balaban J connectivity index is 1.79. The van der Waals surface area contributed by atoms with Crippen LogP contribution in [0.2, 0.25) is 0 Å². The lowest BCUT2D eigenvalue weighted by atomic mass is 10.1. The van der Waals surface area contributed by atoms with E-state index in [4.69, 9.17) is 4.18 Å². The lowest BCUT2D eigenvalue weighted by molar-refractivity contribution is 0.105. The monoisotopic (exact) mass is 345 g/mol. The van der Waals surface area contributed by atoms with Crippen molar-refractivity contribution in [1.82, 2.24) is 4.90 Å². The number of hydrogen-bond acceptors (Lipinski definition) is 4. The first-order valence-electron chi connectivity index (χ1n) is 8.14. The average molecular weight is 345 g/mol. The van der Waals surface area contributed by atoms with Gasteiger partial charge in [-0.3, -0.25) is 9.08 Å². The van der Waals surface area contributed by atoms with Crippen LogP contribution in [0.25, 0.3) is 0 Å². The van der Waals surface area contributed by atoms with Crippen LogP contribution in [0.4, 0.5) is 0 Å². The number of hydrogen-bond donors (Lipinski definition) is 0. The number of nitrogens with zero attached hydrogens (tertiary/aromatic N) is 1. The summed E-state index contributed by atoms with van der Waals surface area (Å²) in [5, 5.41) is 0. The summed E-state index contributed by atoms with van der Waals surface area (Å²) in [4.78, 5) is 2.35. The van der Waals surface area contributed by atoms with Gasteiger partial charge >= 0.3 is 0 Å². The van der Waals surface area contributed by atoms with E-state index in [1.165, 1.54) is 11.1 Å². The first-order chi connectivity index (χ1) is 11.5. The normalized spacial score (nSPS) is 16.2. The summed E-state index contributed by atoms with van der Waals surface area (Å²) in [6.07, 6.45) is 3.03. The molecule has 0 N–H and O–H groups in total. The van der Waals surface area contributed by atoms with Crippen LogP contribution in [-0.2, 0) is 27.4 Å². The van der Waals surface area contributed by atoms with Gasteiger partial charge in [0.25, 0.3) is 10.1 Å². The van der Waals surface area contributed by atoms with E-state index < -0.39 is 10.1 Å². The standard InChI is InChI=1S/C19H23NO3S/c1-24(21,22)23-16-19(12-13-19)20(14-17-8-4-2-5-9-17)15-18-10-6-3-7-11-18/h2-11H,12-16H2,1H3. The van der Waals surface area contributed by atoms with Crippen molar-refractivity contribution in [2.24, 2.45) is 0 Å². The Morgan fingerprint density at radius 1 is 0.917 bits per heavy atom. The van der Waals surface area contributed by atoms with Crippen molar-refractivity contribution in [3.05, 3.63) is 71.8 Å². The molecule has 0 spiro atoms. The molecule has 5 heteroatoms. The van der Waals surface area contributed by atoms with E-state index in [0.717, 1.165) is 32.2 Å². The molecule has 0 atom stereocenters. The van der Waals surface area contributed by atoms with Crippen LogP contribution >= 0.6 is 0 Å². The minimum absolute atomic E-state index is 0.186. The van der Waals surface area contributed by atoms with Crippen molar-refractivity contribution in [3.63, 3.8) is 0 Å². The molecule has 0 radical (unpaired) electrons. The Kier molecular flexibility index (Phi) is 5.04. The van der Waals surface area contributed by atoms with Crippen molar-refractivity contribution in [3.8, 4) is 0 Å². The third-order valence-electron chi connectivity index (χ3n) is 4.47. The van der Waals surface area contributed by atoms with Gasteiger partial charge in [0.05, 0.1) is 12.9 Å². The molecule has 2 aromatic rings. The summed E-state index contributed by atoms with van der Waals surface area (Å²) in [6, 6.07) is 20.5. The second kappa shape index (κ2) is 7.05. The number of rotatable bonds is 8. The molecule has 3 rings (SSSR count). The zero-order valence-electron chi connectivity index (χ0n) is 13.9. The lowest BCUT2D eigenvalue weighted by Crippen LogP contribution is -2.40. The molecule has 1 aliphatic carbocycles. The summed E-state index contributed by atoms with van der Waals surface area (Å²) in [5.41, 5.74) is 2.26. The summed E-state index contributed by atoms with van der Waals surface area (Å²) in [5.74, 6) is 0. The van der Waals surface area contributed by atoms with Gasteiger partial charge in [0, 0.05) is 18.6 Å². The first-order valence-corrected chi connectivity index (χ1v) is 9.96. The molecule has 0 aliphatic heterocycles. The third kappa shape index (κ3) is 4.66. The van der Waals surface area contributed by atoms with Crippen LogP contribution in [0.5, 0.6) is 0 Å². The van der Waals surface area contributed by atoms with Crippen LogP contribution < -0.4 is 0 Å². The fourth-order valence-electron chi connectivity index (χ4n) is 2.91. The van der Waals surface area contributed by atoms with Crippen LogP contribution in [0.1, 0.15) is 24.0 Å². The van der Waals surface area contributed by atoms with E-state index in [1.807, 2.05) is 36.4 Å². The highest BCUT2D eigenvalue weighted by Crippen LogP contribution is 2.44. The summed E-state index contributed by atoms with van der Waals surface area (Å²) in [6.45, 7) is 1.79. The van der Waals surface area contributed by atoms with Crippen molar-refractivity contribution in [1.29, 1.82) is 0 Å². The van der Waals surface area contributed by atoms with Crippen molar-refractivity contribution >= 4 is 10.1 Å². The van der Waals surface area contributed by atoms with Crippen LogP contribution in [0.3, 0.4) is 0 Å². The van der Waals surface area contributed by atoms with Gasteiger partial charge in [0.2, 0.25) is 0 Å². The van der Waals surface area contributed by atoms with E-state index in [-0.39, 0.29) is 12.1 Å². The van der Waals surface area contributed by atoms with Gasteiger partial charge in [-0.1, -0.05) is 60.7 Å². The quantitative estimate of drug-likeness (QED) is 0.689. The van der Waals surface area contributed by atoms with Crippen LogP contribution in [0, 0.1) is 0 Å². The molecular formula is C19H23NO3S. The molecule has 0 unspecified atom stereocenters. The smallest absolute Gasteiger partial charge is 0.264 e. The summed E-state index contributed by atoms with van der Waals surface area (Å²) < 4.78 is 28.0. The van der Waals surface area contributed by atoms with Gasteiger partial charge in [-0.05, 0) is 24.0 Å². The molecule has 0 saturated heterocycles. The van der Waals surface area contributed by atoms with E-state index in [2.05, 4.69) is 29.2 Å². The highest BCUT2D eigenvalue weighted by Gasteiger charge is 2.48. The minimum atomic E-state index is -3.42. The second-order valence-corrected chi connectivity index (χ2v) is 8.16. The molecule has 2 aromatic carbocycles. The van der Waals surface area contributed by atoms with Gasteiger partial charge in [-0.15, -0.1) is 0 Å². The highest BCUT2D eigenvalue weighted by atomic mass is 32.2. The summed E-state index contributed by atoms with van der Waals surface area (Å²) >= 11 is 0. The average Bonchev–Trinajstić information content (AvgIpc) is 3.35. The predicted molar refractivity (Wildman–Crippen MR) is 94.9 cm³/mol. The Bertz CT molecular complexity index is 714. The van der Waals surface area contributed by atoms with Gasteiger partial charge < -0.3 is 0 Å². The zero-order chi connectivity index (χ0) is 17.0. The second-order valence-electron chi connectivity index (χ2n) is 6.52. The summed E-state index contributed by atoms with van der Waals surface area (Å²) in [7, 11) is -3.42. The van der Waals surface area contributed by atoms with E-state index in [0.29, 0.717) is 0 Å². The SMILES string of the molecule is CS(=O)(=O)OCC1(N(Cc2ccccc2)Cc2ccccc2)CC1. The Morgan fingerprint density at radius 3 is 1.75 bits per heavy atom. The minimum Gasteiger partial charge on any atom is -0.287 e. The van der Waals surface area contributed by atoms with Gasteiger partial charge in [-0.25, -0.2) is 0 Å². The molecule has 0 heterocycles. The Hall–Kier alpha value is -1.69. The van der Waals surface area contributed by atoms with E-state index in [9.17, 15) is 8.42 Å². The van der Waals surface area contributed by atoms with Crippen LogP contribution in [0.15, 0.2) is 60.7 Å². The Labute approximate surface area is 144 Å². The molecule has 128 valence electrons. The number of benzene rings is 2. The maximum Gasteiger partial charge on any atom is 0.264 e. The highest BCUT2D eigenvalue weighted by molar-refractivity contribution is 7.85. The fraction of sp³-hybridized carbons (Fsp3) is 0.368. The molecule has 0 aromatic heterocycles. The first kappa shape index (κ1) is 17.1. The van der Waals surface area contributed by atoms with Gasteiger partial charge in [-0.2, -0.15) is 8.42 Å². The largest absolute Gasteiger partial charge is 0.287 e. The van der Waals surface area contributed by atoms with Crippen molar-refractivity contribution in [2.45, 2.75) is 31.5 Å². The maximum absolute atomic E-state index is 11.4. The maximum atomic E-state index is 11.4. The van der Waals surface area contributed by atoms with Crippen molar-refractivity contribution in [2.75, 3.05) is 12.9 Å². The third-order valence-corrected chi connectivity index (χ3v) is 5.02. The molecule has 24 heavy (non-hydrogen) atoms. The van der Waals surface area contributed by atoms with Gasteiger partial charge in [0.15, 0.2) is 0 Å². The molecule has 0 bridgehead atoms.